The summed E-state index contributed by atoms with van der Waals surface area (Å²) >= 11 is 0. The van der Waals surface area contributed by atoms with Crippen molar-refractivity contribution < 1.29 is 14.3 Å². The number of esters is 1. The van der Waals surface area contributed by atoms with Gasteiger partial charge in [0.1, 0.15) is 0 Å². The highest BCUT2D eigenvalue weighted by Crippen LogP contribution is 2.28. The number of fused-ring (bicyclic) bond motifs is 1. The maximum atomic E-state index is 12.8. The van der Waals surface area contributed by atoms with Crippen LogP contribution in [0, 0.1) is 20.8 Å². The van der Waals surface area contributed by atoms with Crippen molar-refractivity contribution in [2.45, 2.75) is 46.8 Å². The minimum atomic E-state index is -0.861. The van der Waals surface area contributed by atoms with E-state index in [4.69, 9.17) is 4.74 Å². The standard InChI is InChI=1S/C27H29N3O3/c1-18-9-11-22(12-10-18)17-30-20(3)24(19(2)28-30)13-14-26(31)33-21(4)27(32)29-16-15-23-7-5-6-8-25(23)29/h5-14,21H,15-17H2,1-4H3/b14-13+. The van der Waals surface area contributed by atoms with Crippen molar-refractivity contribution in [2.24, 2.45) is 0 Å². The van der Waals surface area contributed by atoms with E-state index in [9.17, 15) is 9.59 Å². The van der Waals surface area contributed by atoms with Gasteiger partial charge in [0, 0.05) is 29.6 Å². The topological polar surface area (TPSA) is 64.4 Å². The van der Waals surface area contributed by atoms with Crippen LogP contribution in [0.15, 0.2) is 54.6 Å². The lowest BCUT2D eigenvalue weighted by atomic mass is 10.1. The lowest BCUT2D eigenvalue weighted by Gasteiger charge is -2.21. The number of rotatable bonds is 6. The van der Waals surface area contributed by atoms with Crippen LogP contribution >= 0.6 is 0 Å². The Morgan fingerprint density at radius 2 is 1.82 bits per heavy atom. The molecule has 1 amide bonds. The minimum absolute atomic E-state index is 0.208. The van der Waals surface area contributed by atoms with E-state index in [2.05, 4.69) is 36.3 Å². The molecule has 0 fully saturated rings. The van der Waals surface area contributed by atoms with Gasteiger partial charge in [0.05, 0.1) is 12.2 Å². The Morgan fingerprint density at radius 3 is 2.58 bits per heavy atom. The van der Waals surface area contributed by atoms with Crippen LogP contribution in [-0.4, -0.2) is 34.3 Å². The minimum Gasteiger partial charge on any atom is -0.449 e. The van der Waals surface area contributed by atoms with E-state index >= 15 is 0 Å². The van der Waals surface area contributed by atoms with Crippen molar-refractivity contribution in [1.82, 2.24) is 9.78 Å². The maximum absolute atomic E-state index is 12.8. The summed E-state index contributed by atoms with van der Waals surface area (Å²) in [6, 6.07) is 16.2. The number of carbonyl (C=O) groups excluding carboxylic acids is 2. The second-order valence-electron chi connectivity index (χ2n) is 8.51. The molecule has 0 radical (unpaired) electrons. The molecule has 2 heterocycles. The molecule has 0 saturated heterocycles. The number of para-hydroxylation sites is 1. The molecule has 1 unspecified atom stereocenters. The Kier molecular flexibility index (Phi) is 6.45. The molecule has 6 heteroatoms. The largest absolute Gasteiger partial charge is 0.449 e. The summed E-state index contributed by atoms with van der Waals surface area (Å²) < 4.78 is 7.34. The van der Waals surface area contributed by atoms with Gasteiger partial charge in [-0.2, -0.15) is 5.10 Å². The number of aromatic nitrogens is 2. The van der Waals surface area contributed by atoms with Crippen LogP contribution < -0.4 is 4.90 Å². The van der Waals surface area contributed by atoms with Crippen LogP contribution in [0.3, 0.4) is 0 Å². The van der Waals surface area contributed by atoms with Crippen molar-refractivity contribution >= 4 is 23.6 Å². The maximum Gasteiger partial charge on any atom is 0.331 e. The number of anilines is 1. The first-order chi connectivity index (χ1) is 15.8. The molecule has 3 aromatic rings. The fourth-order valence-corrected chi connectivity index (χ4v) is 4.17. The predicted octanol–water partition coefficient (Wildman–Crippen LogP) is 4.39. The van der Waals surface area contributed by atoms with Gasteiger partial charge in [-0.05, 0) is 57.4 Å². The number of nitrogens with zero attached hydrogens (tertiary/aromatic N) is 3. The number of aryl methyl sites for hydroxylation is 2. The quantitative estimate of drug-likeness (QED) is 0.419. The van der Waals surface area contributed by atoms with Gasteiger partial charge in [0.15, 0.2) is 6.10 Å². The molecule has 0 saturated carbocycles. The van der Waals surface area contributed by atoms with E-state index in [-0.39, 0.29) is 5.91 Å². The molecule has 4 rings (SSSR count). The average Bonchev–Trinajstić information content (AvgIpc) is 3.34. The van der Waals surface area contributed by atoms with E-state index in [1.807, 2.05) is 42.8 Å². The lowest BCUT2D eigenvalue weighted by Crippen LogP contribution is -2.38. The van der Waals surface area contributed by atoms with Crippen molar-refractivity contribution in [3.8, 4) is 0 Å². The van der Waals surface area contributed by atoms with Crippen molar-refractivity contribution in [2.75, 3.05) is 11.4 Å². The second-order valence-corrected chi connectivity index (χ2v) is 8.51. The lowest BCUT2D eigenvalue weighted by molar-refractivity contribution is -0.149. The highest BCUT2D eigenvalue weighted by Gasteiger charge is 2.29. The van der Waals surface area contributed by atoms with Crippen molar-refractivity contribution in [1.29, 1.82) is 0 Å². The van der Waals surface area contributed by atoms with Gasteiger partial charge >= 0.3 is 5.97 Å². The van der Waals surface area contributed by atoms with Crippen LogP contribution in [0.1, 0.15) is 40.6 Å². The summed E-state index contributed by atoms with van der Waals surface area (Å²) in [5.74, 6) is -0.756. The molecule has 6 nitrogen and oxygen atoms in total. The summed E-state index contributed by atoms with van der Waals surface area (Å²) in [5.41, 5.74) is 7.10. The fraction of sp³-hybridized carbons (Fsp3) is 0.296. The van der Waals surface area contributed by atoms with Gasteiger partial charge in [-0.15, -0.1) is 0 Å². The van der Waals surface area contributed by atoms with Gasteiger partial charge in [0.2, 0.25) is 0 Å². The first-order valence-electron chi connectivity index (χ1n) is 11.2. The Balaban J connectivity index is 1.40. The fourth-order valence-electron chi connectivity index (χ4n) is 4.17. The Hall–Kier alpha value is -3.67. The smallest absolute Gasteiger partial charge is 0.331 e. The molecule has 0 spiro atoms. The summed E-state index contributed by atoms with van der Waals surface area (Å²) in [5, 5.41) is 4.62. The number of hydrogen-bond acceptors (Lipinski definition) is 4. The Labute approximate surface area is 194 Å². The molecule has 170 valence electrons. The van der Waals surface area contributed by atoms with Crippen LogP contribution in [0.5, 0.6) is 0 Å². The molecule has 1 atom stereocenters. The molecular formula is C27H29N3O3. The summed E-state index contributed by atoms with van der Waals surface area (Å²) in [6.07, 6.45) is 3.04. The first kappa shape index (κ1) is 22.5. The number of amides is 1. The molecule has 0 aliphatic carbocycles. The van der Waals surface area contributed by atoms with Crippen LogP contribution in [0.25, 0.3) is 6.08 Å². The van der Waals surface area contributed by atoms with Crippen LogP contribution in [-0.2, 0) is 27.3 Å². The molecule has 0 bridgehead atoms. The van der Waals surface area contributed by atoms with Crippen molar-refractivity contribution in [3.05, 3.63) is 88.2 Å². The zero-order chi connectivity index (χ0) is 23.5. The summed E-state index contributed by atoms with van der Waals surface area (Å²) in [4.78, 5) is 27.0. The van der Waals surface area contributed by atoms with E-state index in [1.165, 1.54) is 11.6 Å². The third-order valence-corrected chi connectivity index (χ3v) is 6.07. The third kappa shape index (κ3) is 4.90. The highest BCUT2D eigenvalue weighted by atomic mass is 16.5. The number of benzene rings is 2. The van der Waals surface area contributed by atoms with Gasteiger partial charge in [0.25, 0.3) is 5.91 Å². The summed E-state index contributed by atoms with van der Waals surface area (Å²) in [7, 11) is 0. The second kappa shape index (κ2) is 9.45. The first-order valence-corrected chi connectivity index (χ1v) is 11.2. The molecule has 33 heavy (non-hydrogen) atoms. The van der Waals surface area contributed by atoms with Gasteiger partial charge in [-0.1, -0.05) is 48.0 Å². The number of hydrogen-bond donors (Lipinski definition) is 0. The molecule has 1 aromatic heterocycles. The normalized spacial score (nSPS) is 13.9. The zero-order valence-electron chi connectivity index (χ0n) is 19.5. The molecule has 1 aliphatic rings. The monoisotopic (exact) mass is 443 g/mol. The van der Waals surface area contributed by atoms with Gasteiger partial charge < -0.3 is 9.64 Å². The molecule has 0 N–H and O–H groups in total. The predicted molar refractivity (Wildman–Crippen MR) is 129 cm³/mol. The number of carbonyl (C=O) groups is 2. The highest BCUT2D eigenvalue weighted by molar-refractivity contribution is 6.00. The van der Waals surface area contributed by atoms with Gasteiger partial charge in [-0.25, -0.2) is 4.79 Å². The average molecular weight is 444 g/mol. The van der Waals surface area contributed by atoms with E-state index in [0.717, 1.165) is 40.2 Å². The van der Waals surface area contributed by atoms with E-state index in [0.29, 0.717) is 13.1 Å². The number of ether oxygens (including phenoxy) is 1. The molecule has 2 aromatic carbocycles. The van der Waals surface area contributed by atoms with Crippen LogP contribution in [0.2, 0.25) is 0 Å². The molecule has 1 aliphatic heterocycles. The third-order valence-electron chi connectivity index (χ3n) is 6.07. The summed E-state index contributed by atoms with van der Waals surface area (Å²) in [6.45, 7) is 8.85. The Morgan fingerprint density at radius 1 is 1.09 bits per heavy atom. The van der Waals surface area contributed by atoms with Crippen molar-refractivity contribution in [3.63, 3.8) is 0 Å². The van der Waals surface area contributed by atoms with E-state index in [1.54, 1.807) is 17.9 Å². The van der Waals surface area contributed by atoms with Gasteiger partial charge in [-0.3, -0.25) is 9.48 Å². The molecular weight excluding hydrogens is 414 g/mol. The van der Waals surface area contributed by atoms with Crippen LogP contribution in [0.4, 0.5) is 5.69 Å². The SMILES string of the molecule is Cc1ccc(Cn2nc(C)c(/C=C/C(=O)OC(C)C(=O)N3CCc4ccccc43)c2C)cc1. The van der Waals surface area contributed by atoms with E-state index < -0.39 is 12.1 Å². The Bertz CT molecular complexity index is 1210. The zero-order valence-corrected chi connectivity index (χ0v) is 19.5.